The SMILES string of the molecule is CC(F)(F)C(F)COC(=O)c1c(-c2ccccc2)cccc1-c1ccccc1. The van der Waals surface area contributed by atoms with E-state index in [0.717, 1.165) is 11.1 Å². The molecule has 0 amide bonds. The van der Waals surface area contributed by atoms with Crippen LogP contribution in [0, 0.1) is 0 Å². The minimum absolute atomic E-state index is 0.214. The van der Waals surface area contributed by atoms with Crippen molar-refractivity contribution in [2.45, 2.75) is 19.0 Å². The third kappa shape index (κ3) is 4.42. The summed E-state index contributed by atoms with van der Waals surface area (Å²) in [5, 5.41) is 0. The fourth-order valence-electron chi connectivity index (χ4n) is 2.86. The summed E-state index contributed by atoms with van der Waals surface area (Å²) < 4.78 is 44.7. The molecule has 0 spiro atoms. The molecule has 0 fully saturated rings. The molecule has 0 N–H and O–H groups in total. The lowest BCUT2D eigenvalue weighted by Crippen LogP contribution is -2.31. The minimum atomic E-state index is -3.58. The number of halogens is 3. The Morgan fingerprint density at radius 2 is 1.32 bits per heavy atom. The summed E-state index contributed by atoms with van der Waals surface area (Å²) in [5.41, 5.74) is 2.93. The molecule has 5 heteroatoms. The molecule has 0 aromatic heterocycles. The summed E-state index contributed by atoms with van der Waals surface area (Å²) in [6.07, 6.45) is -2.57. The van der Waals surface area contributed by atoms with Gasteiger partial charge < -0.3 is 4.74 Å². The van der Waals surface area contributed by atoms with Gasteiger partial charge in [-0.15, -0.1) is 0 Å². The Balaban J connectivity index is 2.05. The quantitative estimate of drug-likeness (QED) is 0.475. The molecule has 3 aromatic carbocycles. The number of esters is 1. The van der Waals surface area contributed by atoms with E-state index in [9.17, 15) is 18.0 Å². The summed E-state index contributed by atoms with van der Waals surface area (Å²) in [4.78, 5) is 12.8. The van der Waals surface area contributed by atoms with Crippen LogP contribution in [0.5, 0.6) is 0 Å². The second-order valence-corrected chi connectivity index (χ2v) is 6.48. The van der Waals surface area contributed by atoms with Gasteiger partial charge in [0.05, 0.1) is 5.56 Å². The molecule has 0 aliphatic carbocycles. The average molecular weight is 384 g/mol. The Morgan fingerprint density at radius 3 is 1.75 bits per heavy atom. The van der Waals surface area contributed by atoms with Gasteiger partial charge in [-0.1, -0.05) is 78.9 Å². The molecule has 1 atom stereocenters. The van der Waals surface area contributed by atoms with Gasteiger partial charge >= 0.3 is 5.97 Å². The van der Waals surface area contributed by atoms with Gasteiger partial charge in [0.2, 0.25) is 0 Å². The van der Waals surface area contributed by atoms with Crippen LogP contribution in [-0.2, 0) is 4.74 Å². The van der Waals surface area contributed by atoms with Crippen molar-refractivity contribution in [1.29, 1.82) is 0 Å². The first-order valence-electron chi connectivity index (χ1n) is 8.81. The Hall–Kier alpha value is -3.08. The maximum Gasteiger partial charge on any atom is 0.339 e. The number of benzene rings is 3. The van der Waals surface area contributed by atoms with Crippen LogP contribution in [0.25, 0.3) is 22.3 Å². The first-order chi connectivity index (χ1) is 13.4. The summed E-state index contributed by atoms with van der Waals surface area (Å²) in [5.74, 6) is -4.42. The van der Waals surface area contributed by atoms with Crippen LogP contribution in [0.2, 0.25) is 0 Å². The fourth-order valence-corrected chi connectivity index (χ4v) is 2.86. The number of carbonyl (C=O) groups excluding carboxylic acids is 1. The number of hydrogen-bond acceptors (Lipinski definition) is 2. The lowest BCUT2D eigenvalue weighted by molar-refractivity contribution is -0.0770. The zero-order valence-corrected chi connectivity index (χ0v) is 15.2. The molecular weight excluding hydrogens is 365 g/mol. The highest BCUT2D eigenvalue weighted by atomic mass is 19.3. The van der Waals surface area contributed by atoms with E-state index in [0.29, 0.717) is 18.1 Å². The highest BCUT2D eigenvalue weighted by molar-refractivity contribution is 6.04. The van der Waals surface area contributed by atoms with Gasteiger partial charge in [-0.2, -0.15) is 0 Å². The van der Waals surface area contributed by atoms with Crippen LogP contribution in [0.1, 0.15) is 17.3 Å². The van der Waals surface area contributed by atoms with E-state index in [1.54, 1.807) is 18.2 Å². The molecule has 144 valence electrons. The standard InChI is InChI=1S/C23H19F3O2/c1-23(25,26)20(24)15-28-22(27)21-18(16-9-4-2-5-10-16)13-8-14-19(21)17-11-6-3-7-12-17/h2-14,20H,15H2,1H3. The first kappa shape index (κ1) is 19.7. The van der Waals surface area contributed by atoms with Gasteiger partial charge in [0.15, 0.2) is 6.17 Å². The molecule has 0 bridgehead atoms. The van der Waals surface area contributed by atoms with Crippen molar-refractivity contribution in [3.05, 3.63) is 84.4 Å². The third-order valence-corrected chi connectivity index (χ3v) is 4.35. The minimum Gasteiger partial charge on any atom is -0.459 e. The van der Waals surface area contributed by atoms with Crippen molar-refractivity contribution < 1.29 is 22.7 Å². The van der Waals surface area contributed by atoms with Gasteiger partial charge in [-0.05, 0) is 22.3 Å². The van der Waals surface area contributed by atoms with Crippen LogP contribution in [0.15, 0.2) is 78.9 Å². The van der Waals surface area contributed by atoms with Gasteiger partial charge in [-0.25, -0.2) is 18.0 Å². The normalized spacial score (nSPS) is 12.4. The van der Waals surface area contributed by atoms with Crippen LogP contribution in [0.3, 0.4) is 0 Å². The van der Waals surface area contributed by atoms with E-state index in [-0.39, 0.29) is 5.56 Å². The molecule has 2 nitrogen and oxygen atoms in total. The monoisotopic (exact) mass is 384 g/mol. The average Bonchev–Trinajstić information content (AvgIpc) is 2.71. The predicted molar refractivity (Wildman–Crippen MR) is 103 cm³/mol. The van der Waals surface area contributed by atoms with E-state index in [4.69, 9.17) is 4.74 Å². The van der Waals surface area contributed by atoms with Crippen molar-refractivity contribution in [3.63, 3.8) is 0 Å². The van der Waals surface area contributed by atoms with E-state index in [1.807, 2.05) is 60.7 Å². The van der Waals surface area contributed by atoms with Gasteiger partial charge in [0, 0.05) is 6.92 Å². The molecule has 1 unspecified atom stereocenters. The molecule has 0 radical (unpaired) electrons. The predicted octanol–water partition coefficient (Wildman–Crippen LogP) is 6.17. The van der Waals surface area contributed by atoms with Crippen molar-refractivity contribution in [1.82, 2.24) is 0 Å². The largest absolute Gasteiger partial charge is 0.459 e. The summed E-state index contributed by atoms with van der Waals surface area (Å²) in [6.45, 7) is -0.557. The smallest absolute Gasteiger partial charge is 0.339 e. The molecular formula is C23H19F3O2. The second kappa shape index (κ2) is 8.30. The third-order valence-electron chi connectivity index (χ3n) is 4.35. The van der Waals surface area contributed by atoms with E-state index in [2.05, 4.69) is 0 Å². The molecule has 3 aromatic rings. The first-order valence-corrected chi connectivity index (χ1v) is 8.81. The van der Waals surface area contributed by atoms with Crippen molar-refractivity contribution in [3.8, 4) is 22.3 Å². The number of hydrogen-bond donors (Lipinski definition) is 0. The molecule has 3 rings (SSSR count). The van der Waals surface area contributed by atoms with E-state index in [1.165, 1.54) is 0 Å². The van der Waals surface area contributed by atoms with E-state index >= 15 is 0 Å². The van der Waals surface area contributed by atoms with Crippen molar-refractivity contribution >= 4 is 5.97 Å². The number of ether oxygens (including phenoxy) is 1. The molecule has 0 saturated carbocycles. The number of alkyl halides is 3. The second-order valence-electron chi connectivity index (χ2n) is 6.48. The van der Waals surface area contributed by atoms with E-state index < -0.39 is 24.7 Å². The van der Waals surface area contributed by atoms with Crippen molar-refractivity contribution in [2.75, 3.05) is 6.61 Å². The summed E-state index contributed by atoms with van der Waals surface area (Å²) >= 11 is 0. The highest BCUT2D eigenvalue weighted by Gasteiger charge is 2.35. The zero-order chi connectivity index (χ0) is 20.1. The topological polar surface area (TPSA) is 26.3 Å². The summed E-state index contributed by atoms with van der Waals surface area (Å²) in [7, 11) is 0. The Morgan fingerprint density at radius 1 is 0.857 bits per heavy atom. The van der Waals surface area contributed by atoms with Crippen LogP contribution >= 0.6 is 0 Å². The van der Waals surface area contributed by atoms with Crippen molar-refractivity contribution in [2.24, 2.45) is 0 Å². The zero-order valence-electron chi connectivity index (χ0n) is 15.2. The fraction of sp³-hybridized carbons (Fsp3) is 0.174. The number of rotatable bonds is 6. The lowest BCUT2D eigenvalue weighted by atomic mass is 9.92. The maximum atomic E-state index is 13.6. The Labute approximate surface area is 161 Å². The molecule has 28 heavy (non-hydrogen) atoms. The Kier molecular flexibility index (Phi) is 5.83. The van der Waals surface area contributed by atoms with Gasteiger partial charge in [0.1, 0.15) is 6.61 Å². The van der Waals surface area contributed by atoms with Crippen LogP contribution in [-0.4, -0.2) is 24.7 Å². The summed E-state index contributed by atoms with van der Waals surface area (Å²) in [6, 6.07) is 23.6. The lowest BCUT2D eigenvalue weighted by Gasteiger charge is -2.18. The molecule has 0 heterocycles. The Bertz CT molecular complexity index is 877. The molecule has 0 saturated heterocycles. The van der Waals surface area contributed by atoms with Gasteiger partial charge in [0.25, 0.3) is 5.92 Å². The van der Waals surface area contributed by atoms with Gasteiger partial charge in [-0.3, -0.25) is 0 Å². The van der Waals surface area contributed by atoms with Crippen LogP contribution < -0.4 is 0 Å². The number of carbonyl (C=O) groups is 1. The molecule has 0 aliphatic heterocycles. The highest BCUT2D eigenvalue weighted by Crippen LogP contribution is 2.33. The molecule has 0 aliphatic rings. The maximum absolute atomic E-state index is 13.6. The van der Waals surface area contributed by atoms with Crippen LogP contribution in [0.4, 0.5) is 13.2 Å².